The van der Waals surface area contributed by atoms with E-state index in [1.807, 2.05) is 36.4 Å². The number of carboxylic acids is 1. The maximum atomic E-state index is 13.3. The average Bonchev–Trinajstić information content (AvgIpc) is 3.10. The van der Waals surface area contributed by atoms with E-state index in [0.717, 1.165) is 47.5 Å². The first-order chi connectivity index (χ1) is 24.3. The topological polar surface area (TPSA) is 140 Å². The molecule has 0 unspecified atom stereocenters. The Hall–Kier alpha value is -5.92. The first-order valence-corrected chi connectivity index (χ1v) is 15.5. The number of carboxylic acid groups (broad SMARTS) is 1. The summed E-state index contributed by atoms with van der Waals surface area (Å²) in [6.45, 7) is 2.19. The molecule has 0 aliphatic rings. The number of ether oxygens (including phenoxy) is 3. The van der Waals surface area contributed by atoms with Gasteiger partial charge >= 0.3 is 12.1 Å². The summed E-state index contributed by atoms with van der Waals surface area (Å²) in [6.07, 6.45) is -0.594. The molecular weight excluding hydrogens is 676 g/mol. The van der Waals surface area contributed by atoms with Crippen molar-refractivity contribution in [3.63, 3.8) is 0 Å². The summed E-state index contributed by atoms with van der Waals surface area (Å²) >= 11 is 0. The number of para-hydroxylation sites is 2. The fourth-order valence-corrected chi connectivity index (χ4v) is 4.33. The normalized spacial score (nSPS) is 11.7. The second-order valence-corrected chi connectivity index (χ2v) is 11.2. The Balaban J connectivity index is 0.000000286. The minimum Gasteiger partial charge on any atom is -0.480 e. The number of benzene rings is 4. The Kier molecular flexibility index (Phi) is 15.4. The first kappa shape index (κ1) is 39.5. The summed E-state index contributed by atoms with van der Waals surface area (Å²) in [5, 5.41) is 14.5. The number of carbonyl (C=O) groups excluding carboxylic acids is 3. The first-order valence-electron chi connectivity index (χ1n) is 15.5. The van der Waals surface area contributed by atoms with Gasteiger partial charge in [0, 0.05) is 6.42 Å². The summed E-state index contributed by atoms with van der Waals surface area (Å²) in [5.41, 5.74) is 1.61. The van der Waals surface area contributed by atoms with Crippen LogP contribution in [0, 0.1) is 29.2 Å². The quantitative estimate of drug-likeness (QED) is 0.127. The molecule has 10 nitrogen and oxygen atoms in total. The Morgan fingerprint density at radius 2 is 1.10 bits per heavy atom. The van der Waals surface area contributed by atoms with Gasteiger partial charge in [0.25, 0.3) is 0 Å². The molecule has 3 N–H and O–H groups in total. The van der Waals surface area contributed by atoms with E-state index in [9.17, 15) is 41.8 Å². The predicted octanol–water partition coefficient (Wildman–Crippen LogP) is 6.02. The van der Waals surface area contributed by atoms with E-state index in [4.69, 9.17) is 14.2 Å². The summed E-state index contributed by atoms with van der Waals surface area (Å²) in [5.74, 6) is -7.97. The Morgan fingerprint density at radius 3 is 1.53 bits per heavy atom. The van der Waals surface area contributed by atoms with E-state index in [1.165, 1.54) is 0 Å². The minimum atomic E-state index is -1.14. The number of rotatable bonds is 15. The molecule has 4 rings (SSSR count). The van der Waals surface area contributed by atoms with Crippen LogP contribution < -0.4 is 20.1 Å². The van der Waals surface area contributed by atoms with Gasteiger partial charge in [0.05, 0.1) is 0 Å². The molecule has 0 radical (unpaired) electrons. The maximum absolute atomic E-state index is 13.3. The van der Waals surface area contributed by atoms with Crippen LogP contribution in [0.15, 0.2) is 97.1 Å². The number of halogens is 4. The molecule has 2 atom stereocenters. The molecular formula is C37H36F4N2O8. The number of alkyl carbamates (subject to hydrolysis) is 1. The standard InChI is InChI=1S/C22H26N2O5.C15H10F4O3/c1-15(2)19(24-22(28)29-14-17-11-7-4-8-12-17)20(25)23-18(21(26)27)13-16-9-5-3-6-10-16;16-10-3-1-4-11(17)14(10)21-7-9(20)8-22-15-12(18)5-2-6-13(15)19/h3-12,15,18-19H,13-14H2,1-2H3,(H,23,25)(H,24,28)(H,26,27);1-6H,7-8H2/t18-,19-;/m0./s1. The average molecular weight is 713 g/mol. The van der Waals surface area contributed by atoms with Crippen LogP contribution >= 0.6 is 0 Å². The monoisotopic (exact) mass is 712 g/mol. The van der Waals surface area contributed by atoms with Crippen LogP contribution in [0.25, 0.3) is 0 Å². The number of amides is 2. The molecule has 4 aromatic rings. The lowest BCUT2D eigenvalue weighted by atomic mass is 10.0. The third-order valence-corrected chi connectivity index (χ3v) is 6.93. The van der Waals surface area contributed by atoms with E-state index in [-0.39, 0.29) is 18.9 Å². The van der Waals surface area contributed by atoms with Gasteiger partial charge in [-0.15, -0.1) is 0 Å². The van der Waals surface area contributed by atoms with Crippen molar-refractivity contribution < 1.29 is 56.1 Å². The molecule has 0 fully saturated rings. The third kappa shape index (κ3) is 13.1. The maximum Gasteiger partial charge on any atom is 0.408 e. The van der Waals surface area contributed by atoms with Crippen molar-refractivity contribution in [2.75, 3.05) is 13.2 Å². The van der Waals surface area contributed by atoms with Crippen molar-refractivity contribution in [1.82, 2.24) is 10.6 Å². The van der Waals surface area contributed by atoms with E-state index in [0.29, 0.717) is 0 Å². The second-order valence-electron chi connectivity index (χ2n) is 11.2. The van der Waals surface area contributed by atoms with Crippen LogP contribution in [0.3, 0.4) is 0 Å². The number of hydrogen-bond donors (Lipinski definition) is 3. The van der Waals surface area contributed by atoms with Gasteiger partial charge in [-0.2, -0.15) is 0 Å². The van der Waals surface area contributed by atoms with Crippen LogP contribution in [-0.4, -0.2) is 54.2 Å². The highest BCUT2D eigenvalue weighted by atomic mass is 19.1. The molecule has 270 valence electrons. The molecule has 0 spiro atoms. The summed E-state index contributed by atoms with van der Waals surface area (Å²) in [6, 6.07) is 22.3. The van der Waals surface area contributed by atoms with Gasteiger partial charge in [0.15, 0.2) is 48.0 Å². The molecule has 14 heteroatoms. The van der Waals surface area contributed by atoms with Crippen molar-refractivity contribution in [2.45, 2.75) is 39.0 Å². The van der Waals surface area contributed by atoms with Crippen molar-refractivity contribution in [3.8, 4) is 11.5 Å². The third-order valence-electron chi connectivity index (χ3n) is 6.93. The van der Waals surface area contributed by atoms with Crippen molar-refractivity contribution in [3.05, 3.63) is 131 Å². The summed E-state index contributed by atoms with van der Waals surface area (Å²) in [4.78, 5) is 47.9. The number of Topliss-reactive ketones (excluding diaryl/α,β-unsaturated/α-hetero) is 1. The molecule has 2 amide bonds. The zero-order chi connectivity index (χ0) is 37.3. The molecule has 0 saturated heterocycles. The molecule has 0 saturated carbocycles. The molecule has 0 aliphatic carbocycles. The van der Waals surface area contributed by atoms with Crippen molar-refractivity contribution in [2.24, 2.45) is 5.92 Å². The van der Waals surface area contributed by atoms with Crippen LogP contribution in [0.5, 0.6) is 11.5 Å². The lowest BCUT2D eigenvalue weighted by molar-refractivity contribution is -0.142. The van der Waals surface area contributed by atoms with Gasteiger partial charge in [-0.3, -0.25) is 9.59 Å². The molecule has 0 aromatic heterocycles. The SMILES string of the molecule is CC(C)[C@H](NC(=O)OCc1ccccc1)C(=O)N[C@@H](Cc1ccccc1)C(=O)O.O=C(COc1c(F)cccc1F)COc1c(F)cccc1F. The highest BCUT2D eigenvalue weighted by molar-refractivity contribution is 5.89. The van der Waals surface area contributed by atoms with Gasteiger partial charge in [-0.05, 0) is 41.3 Å². The lowest BCUT2D eigenvalue weighted by Gasteiger charge is -2.24. The summed E-state index contributed by atoms with van der Waals surface area (Å²) in [7, 11) is 0. The number of ketones is 1. The number of hydrogen-bond acceptors (Lipinski definition) is 7. The van der Waals surface area contributed by atoms with E-state index in [2.05, 4.69) is 10.6 Å². The molecule has 0 aliphatic heterocycles. The summed E-state index contributed by atoms with van der Waals surface area (Å²) < 4.78 is 67.6. The van der Waals surface area contributed by atoms with Gasteiger partial charge in [-0.25, -0.2) is 27.2 Å². The fourth-order valence-electron chi connectivity index (χ4n) is 4.33. The van der Waals surface area contributed by atoms with Crippen molar-refractivity contribution in [1.29, 1.82) is 0 Å². The van der Waals surface area contributed by atoms with Crippen LogP contribution in [0.4, 0.5) is 22.4 Å². The zero-order valence-corrected chi connectivity index (χ0v) is 27.6. The number of aliphatic carboxylic acids is 1. The van der Waals surface area contributed by atoms with E-state index >= 15 is 0 Å². The molecule has 0 bridgehead atoms. The molecule has 51 heavy (non-hydrogen) atoms. The van der Waals surface area contributed by atoms with Gasteiger partial charge in [0.2, 0.25) is 11.7 Å². The van der Waals surface area contributed by atoms with Gasteiger partial charge in [-0.1, -0.05) is 86.6 Å². The molecule has 4 aromatic carbocycles. The Morgan fingerprint density at radius 1 is 0.647 bits per heavy atom. The minimum absolute atomic E-state index is 0.0743. The Labute approximate surface area is 291 Å². The van der Waals surface area contributed by atoms with Crippen LogP contribution in [0.1, 0.15) is 25.0 Å². The van der Waals surface area contributed by atoms with Crippen LogP contribution in [-0.2, 0) is 32.1 Å². The van der Waals surface area contributed by atoms with Gasteiger partial charge < -0.3 is 30.0 Å². The largest absolute Gasteiger partial charge is 0.480 e. The smallest absolute Gasteiger partial charge is 0.408 e. The molecule has 0 heterocycles. The van der Waals surface area contributed by atoms with Crippen LogP contribution in [0.2, 0.25) is 0 Å². The zero-order valence-electron chi connectivity index (χ0n) is 27.6. The second kappa shape index (κ2) is 19.9. The highest BCUT2D eigenvalue weighted by Gasteiger charge is 2.29. The lowest BCUT2D eigenvalue weighted by Crippen LogP contribution is -2.54. The highest BCUT2D eigenvalue weighted by Crippen LogP contribution is 2.22. The van der Waals surface area contributed by atoms with Gasteiger partial charge in [0.1, 0.15) is 18.7 Å². The van der Waals surface area contributed by atoms with Crippen molar-refractivity contribution >= 4 is 23.8 Å². The van der Waals surface area contributed by atoms with E-state index < -0.39 is 83.8 Å². The predicted molar refractivity (Wildman–Crippen MR) is 177 cm³/mol. The fraction of sp³-hybridized carbons (Fsp3) is 0.243. The number of nitrogens with one attached hydrogen (secondary N) is 2. The van der Waals surface area contributed by atoms with E-state index in [1.54, 1.807) is 38.1 Å². The number of carbonyl (C=O) groups is 4. The Bertz CT molecular complexity index is 1660.